The number of halogens is 2. The summed E-state index contributed by atoms with van der Waals surface area (Å²) < 4.78 is 52.2. The van der Waals surface area contributed by atoms with Gasteiger partial charge in [0.2, 0.25) is 0 Å². The molecule has 182 valence electrons. The topological polar surface area (TPSA) is 108 Å². The summed E-state index contributed by atoms with van der Waals surface area (Å²) in [5.41, 5.74) is 2.30. The SMILES string of the molecule is CS(=O)(=O)O.Cc1cc(N[C@H]2CC[C@@H](NC(=O)c3ccc(F)c(F)c3)CC2)nc2ccccc12. The van der Waals surface area contributed by atoms with Gasteiger partial charge in [-0.3, -0.25) is 9.35 Å². The maximum Gasteiger partial charge on any atom is 0.261 e. The first-order valence-electron chi connectivity index (χ1n) is 10.8. The molecule has 34 heavy (non-hydrogen) atoms. The lowest BCUT2D eigenvalue weighted by molar-refractivity contribution is 0.0926. The molecule has 2 aromatic carbocycles. The Kier molecular flexibility index (Phi) is 8.16. The Morgan fingerprint density at radius 1 is 1.00 bits per heavy atom. The number of amides is 1. The number of nitrogens with zero attached hydrogens (tertiary/aromatic N) is 1. The van der Waals surface area contributed by atoms with E-state index in [1.807, 2.05) is 18.2 Å². The monoisotopic (exact) mass is 491 g/mol. The van der Waals surface area contributed by atoms with Crippen molar-refractivity contribution in [3.8, 4) is 0 Å². The molecule has 7 nitrogen and oxygen atoms in total. The Bertz CT molecular complexity index is 1270. The standard InChI is InChI=1S/C23H23F2N3O.CH4O3S/c1-14-12-22(28-21-5-3-2-4-18(14)21)26-16-7-9-17(10-8-16)27-23(29)15-6-11-19(24)20(25)13-15;1-5(2,3)4/h2-6,11-13,16-17H,7-10H2,1H3,(H,26,28)(H,27,29);1H3,(H,2,3,4)/t16-,17+;. The molecule has 0 unspecified atom stereocenters. The molecule has 1 aliphatic carbocycles. The van der Waals surface area contributed by atoms with Crippen LogP contribution in [0.5, 0.6) is 0 Å². The minimum Gasteiger partial charge on any atom is -0.367 e. The highest BCUT2D eigenvalue weighted by Gasteiger charge is 2.23. The van der Waals surface area contributed by atoms with Gasteiger partial charge >= 0.3 is 0 Å². The Morgan fingerprint density at radius 2 is 1.62 bits per heavy atom. The smallest absolute Gasteiger partial charge is 0.261 e. The zero-order valence-electron chi connectivity index (χ0n) is 18.9. The number of rotatable bonds is 4. The van der Waals surface area contributed by atoms with Gasteiger partial charge in [0.25, 0.3) is 16.0 Å². The molecule has 3 aromatic rings. The van der Waals surface area contributed by atoms with E-state index in [1.165, 1.54) is 11.6 Å². The molecule has 4 rings (SSSR count). The molecule has 1 fully saturated rings. The van der Waals surface area contributed by atoms with Crippen LogP contribution in [-0.4, -0.2) is 42.2 Å². The second-order valence-corrected chi connectivity index (χ2v) is 9.84. The number of aryl methyl sites for hydroxylation is 1. The number of carbonyl (C=O) groups is 1. The van der Waals surface area contributed by atoms with Crippen molar-refractivity contribution < 1.29 is 26.5 Å². The molecular weight excluding hydrogens is 464 g/mol. The van der Waals surface area contributed by atoms with Crippen molar-refractivity contribution in [3.63, 3.8) is 0 Å². The van der Waals surface area contributed by atoms with Crippen molar-refractivity contribution in [1.82, 2.24) is 10.3 Å². The summed E-state index contributed by atoms with van der Waals surface area (Å²) in [6.45, 7) is 2.08. The molecule has 0 radical (unpaired) electrons. The van der Waals surface area contributed by atoms with Crippen LogP contribution >= 0.6 is 0 Å². The van der Waals surface area contributed by atoms with Crippen LogP contribution in [0.3, 0.4) is 0 Å². The summed E-state index contributed by atoms with van der Waals surface area (Å²) in [6.07, 6.45) is 4.15. The van der Waals surface area contributed by atoms with E-state index in [1.54, 1.807) is 0 Å². The lowest BCUT2D eigenvalue weighted by atomic mass is 9.91. The first kappa shape index (κ1) is 25.5. The number of anilines is 1. The average molecular weight is 492 g/mol. The summed E-state index contributed by atoms with van der Waals surface area (Å²) >= 11 is 0. The Hall–Kier alpha value is -3.11. The molecule has 0 bridgehead atoms. The van der Waals surface area contributed by atoms with E-state index in [0.717, 1.165) is 54.5 Å². The number of aromatic nitrogens is 1. The van der Waals surface area contributed by atoms with Crippen molar-refractivity contribution in [3.05, 3.63) is 71.3 Å². The van der Waals surface area contributed by atoms with Gasteiger partial charge in [-0.25, -0.2) is 13.8 Å². The van der Waals surface area contributed by atoms with Gasteiger partial charge in [-0.2, -0.15) is 8.42 Å². The van der Waals surface area contributed by atoms with Crippen molar-refractivity contribution in [2.75, 3.05) is 11.6 Å². The van der Waals surface area contributed by atoms with E-state index < -0.39 is 21.8 Å². The Labute approximate surface area is 197 Å². The number of hydrogen-bond acceptors (Lipinski definition) is 5. The summed E-state index contributed by atoms with van der Waals surface area (Å²) in [7, 11) is -3.67. The van der Waals surface area contributed by atoms with Crippen LogP contribution in [0.4, 0.5) is 14.6 Å². The molecule has 1 heterocycles. The van der Waals surface area contributed by atoms with Crippen molar-refractivity contribution in [2.45, 2.75) is 44.7 Å². The summed E-state index contributed by atoms with van der Waals surface area (Å²) in [4.78, 5) is 17.0. The van der Waals surface area contributed by atoms with Gasteiger partial charge in [-0.05, 0) is 68.5 Å². The van der Waals surface area contributed by atoms with Gasteiger partial charge in [-0.1, -0.05) is 18.2 Å². The minimum absolute atomic E-state index is 0.0277. The quantitative estimate of drug-likeness (QED) is 0.465. The number of hydrogen-bond donors (Lipinski definition) is 3. The third-order valence-corrected chi connectivity index (χ3v) is 5.52. The fraction of sp³-hybridized carbons (Fsp3) is 0.333. The fourth-order valence-corrected chi connectivity index (χ4v) is 3.92. The second-order valence-electron chi connectivity index (χ2n) is 8.37. The maximum absolute atomic E-state index is 13.3. The van der Waals surface area contributed by atoms with Crippen molar-refractivity contribution >= 4 is 32.7 Å². The lowest BCUT2D eigenvalue weighted by Gasteiger charge is -2.30. The molecule has 1 saturated carbocycles. The van der Waals surface area contributed by atoms with E-state index in [4.69, 9.17) is 9.54 Å². The highest BCUT2D eigenvalue weighted by atomic mass is 32.2. The number of nitrogens with one attached hydrogen (secondary N) is 2. The molecule has 0 aliphatic heterocycles. The minimum atomic E-state index is -3.67. The van der Waals surface area contributed by atoms with E-state index in [9.17, 15) is 22.0 Å². The molecule has 1 aliphatic rings. The predicted octanol–water partition coefficient (Wildman–Crippen LogP) is 4.48. The van der Waals surface area contributed by atoms with Gasteiger partial charge in [0, 0.05) is 23.0 Å². The van der Waals surface area contributed by atoms with E-state index in [2.05, 4.69) is 29.7 Å². The number of fused-ring (bicyclic) bond motifs is 1. The highest BCUT2D eigenvalue weighted by Crippen LogP contribution is 2.25. The van der Waals surface area contributed by atoms with E-state index in [0.29, 0.717) is 12.3 Å². The summed E-state index contributed by atoms with van der Waals surface area (Å²) in [5, 5.41) is 7.60. The lowest BCUT2D eigenvalue weighted by Crippen LogP contribution is -2.40. The van der Waals surface area contributed by atoms with E-state index in [-0.39, 0.29) is 17.5 Å². The maximum atomic E-state index is 13.3. The molecule has 0 saturated heterocycles. The van der Waals surface area contributed by atoms with Crippen LogP contribution in [0, 0.1) is 18.6 Å². The number of para-hydroxylation sites is 1. The van der Waals surface area contributed by atoms with Crippen molar-refractivity contribution in [1.29, 1.82) is 0 Å². The van der Waals surface area contributed by atoms with Crippen LogP contribution in [0.1, 0.15) is 41.6 Å². The first-order valence-corrected chi connectivity index (χ1v) is 12.7. The molecular formula is C24H27F2N3O4S. The normalized spacial score (nSPS) is 18.0. The number of carbonyl (C=O) groups excluding carboxylic acids is 1. The molecule has 1 aromatic heterocycles. The molecule has 0 atom stereocenters. The molecule has 3 N–H and O–H groups in total. The van der Waals surface area contributed by atoms with Gasteiger partial charge in [0.05, 0.1) is 11.8 Å². The largest absolute Gasteiger partial charge is 0.367 e. The van der Waals surface area contributed by atoms with E-state index >= 15 is 0 Å². The number of pyridine rings is 1. The fourth-order valence-electron chi connectivity index (χ4n) is 3.92. The number of benzene rings is 2. The van der Waals surface area contributed by atoms with Gasteiger partial charge < -0.3 is 10.6 Å². The second kappa shape index (κ2) is 10.9. The Morgan fingerprint density at radius 3 is 2.26 bits per heavy atom. The zero-order valence-corrected chi connectivity index (χ0v) is 19.7. The predicted molar refractivity (Wildman–Crippen MR) is 127 cm³/mol. The van der Waals surface area contributed by atoms with Crippen LogP contribution in [-0.2, 0) is 10.1 Å². The van der Waals surface area contributed by atoms with Crippen LogP contribution in [0.15, 0.2) is 48.5 Å². The third kappa shape index (κ3) is 7.46. The average Bonchev–Trinajstić information content (AvgIpc) is 2.76. The zero-order chi connectivity index (χ0) is 24.9. The molecule has 1 amide bonds. The van der Waals surface area contributed by atoms with Crippen LogP contribution in [0.2, 0.25) is 0 Å². The highest BCUT2D eigenvalue weighted by molar-refractivity contribution is 7.85. The van der Waals surface area contributed by atoms with Gasteiger partial charge in [0.1, 0.15) is 5.82 Å². The Balaban J connectivity index is 0.000000588. The summed E-state index contributed by atoms with van der Waals surface area (Å²) in [6, 6.07) is 13.7. The summed E-state index contributed by atoms with van der Waals surface area (Å²) in [5.74, 6) is -1.46. The molecule has 10 heteroatoms. The first-order chi connectivity index (χ1) is 16.0. The van der Waals surface area contributed by atoms with Crippen LogP contribution in [0.25, 0.3) is 10.9 Å². The van der Waals surface area contributed by atoms with Gasteiger partial charge in [-0.15, -0.1) is 0 Å². The third-order valence-electron chi connectivity index (χ3n) is 5.52. The van der Waals surface area contributed by atoms with Crippen LogP contribution < -0.4 is 10.6 Å². The molecule has 0 spiro atoms. The van der Waals surface area contributed by atoms with Gasteiger partial charge in [0.15, 0.2) is 11.6 Å². The van der Waals surface area contributed by atoms with Crippen molar-refractivity contribution in [2.24, 2.45) is 0 Å².